The lowest BCUT2D eigenvalue weighted by molar-refractivity contribution is -0.210. The highest BCUT2D eigenvalue weighted by atomic mass is 16.6. The van der Waals surface area contributed by atoms with E-state index in [9.17, 15) is 29.2 Å². The predicted molar refractivity (Wildman–Crippen MR) is 115 cm³/mol. The fourth-order valence-corrected chi connectivity index (χ4v) is 3.65. The van der Waals surface area contributed by atoms with Crippen LogP contribution in [-0.2, 0) is 49.5 Å². The lowest BCUT2D eigenvalue weighted by Crippen LogP contribution is -2.70. The van der Waals surface area contributed by atoms with E-state index in [1.165, 1.54) is 0 Å². The van der Waals surface area contributed by atoms with E-state index in [0.29, 0.717) is 5.56 Å². The Hall–Kier alpha value is -4.14. The largest absolute Gasteiger partial charge is 0.464 e. The molecule has 12 heteroatoms. The third-order valence-electron chi connectivity index (χ3n) is 4.91. The number of hydrogen-bond acceptors (Lipinski definition) is 11. The Balaban J connectivity index is 2.54. The number of rotatable bonds is 7. The molecule has 0 unspecified atom stereocenters. The van der Waals surface area contributed by atoms with Gasteiger partial charge in [0.05, 0.1) is 6.07 Å². The van der Waals surface area contributed by atoms with Gasteiger partial charge in [0, 0.05) is 27.7 Å². The first-order chi connectivity index (χ1) is 16.5. The van der Waals surface area contributed by atoms with Gasteiger partial charge in [-0.1, -0.05) is 30.3 Å². The van der Waals surface area contributed by atoms with Crippen LogP contribution in [0.3, 0.4) is 0 Å². The zero-order chi connectivity index (χ0) is 26.1. The van der Waals surface area contributed by atoms with Gasteiger partial charge in [-0.25, -0.2) is 4.79 Å². The Morgan fingerprint density at radius 2 is 1.34 bits per heavy atom. The van der Waals surface area contributed by atoms with Crippen LogP contribution in [0.15, 0.2) is 30.3 Å². The highest BCUT2D eigenvalue weighted by Crippen LogP contribution is 2.32. The lowest BCUT2D eigenvalue weighted by atomic mass is 9.88. The Kier molecular flexibility index (Phi) is 9.57. The molecule has 0 spiro atoms. The molecule has 0 bridgehead atoms. The molecule has 0 radical (unpaired) electrons. The third kappa shape index (κ3) is 7.43. The van der Waals surface area contributed by atoms with Crippen LogP contribution in [0.1, 0.15) is 33.3 Å². The molecule has 0 saturated carbocycles. The molecule has 1 aromatic rings. The molecule has 5 atom stereocenters. The first-order valence-corrected chi connectivity index (χ1v) is 10.6. The zero-order valence-corrected chi connectivity index (χ0v) is 19.7. The molecule has 1 heterocycles. The van der Waals surface area contributed by atoms with Crippen LogP contribution in [0.5, 0.6) is 0 Å². The predicted octanol–water partition coefficient (Wildman–Crippen LogP) is 1.26. The summed E-state index contributed by atoms with van der Waals surface area (Å²) in [6.45, 7) is 3.62. The van der Waals surface area contributed by atoms with Crippen molar-refractivity contribution in [1.82, 2.24) is 4.90 Å². The second-order valence-electron chi connectivity index (χ2n) is 7.61. The minimum absolute atomic E-state index is 0.168. The van der Waals surface area contributed by atoms with Gasteiger partial charge in [0.25, 0.3) is 0 Å². The van der Waals surface area contributed by atoms with Crippen LogP contribution >= 0.6 is 0 Å². The molecule has 0 N–H and O–H groups in total. The summed E-state index contributed by atoms with van der Waals surface area (Å²) in [6, 6.07) is 7.68. The van der Waals surface area contributed by atoms with Gasteiger partial charge in [-0.05, 0) is 5.56 Å². The monoisotopic (exact) mass is 490 g/mol. The van der Waals surface area contributed by atoms with Crippen molar-refractivity contribution in [3.63, 3.8) is 0 Å². The summed E-state index contributed by atoms with van der Waals surface area (Å²) in [5.41, 5.74) is 0.647. The fourth-order valence-electron chi connectivity index (χ4n) is 3.65. The maximum atomic E-state index is 13.2. The van der Waals surface area contributed by atoms with E-state index in [0.717, 1.165) is 32.6 Å². The Bertz CT molecular complexity index is 990. The average Bonchev–Trinajstić information content (AvgIpc) is 2.78. The molecular formula is C23H26N2O10. The van der Waals surface area contributed by atoms with Gasteiger partial charge in [0.1, 0.15) is 19.3 Å². The SMILES string of the molecule is CC(=O)OC[C@@H]1[C@@H](OC(C)=O)[C@H](OC(C)=O)[C@@H](OC(C)=O)[C@H](C#N)N1C(=O)OCc1ccccc1. The van der Waals surface area contributed by atoms with E-state index >= 15 is 0 Å². The fraction of sp³-hybridized carbons (Fsp3) is 0.478. The number of hydrogen-bond donors (Lipinski definition) is 0. The number of likely N-dealkylation sites (tertiary alicyclic amines) is 1. The van der Waals surface area contributed by atoms with Gasteiger partial charge in [-0.15, -0.1) is 0 Å². The molecule has 1 aromatic carbocycles. The topological polar surface area (TPSA) is 159 Å². The maximum Gasteiger partial charge on any atom is 0.411 e. The Morgan fingerprint density at radius 1 is 0.800 bits per heavy atom. The number of esters is 4. The summed E-state index contributed by atoms with van der Waals surface area (Å²) in [4.78, 5) is 61.2. The van der Waals surface area contributed by atoms with Crippen LogP contribution in [-0.4, -0.2) is 71.9 Å². The lowest BCUT2D eigenvalue weighted by Gasteiger charge is -2.48. The number of amides is 1. The van der Waals surface area contributed by atoms with Crippen molar-refractivity contribution in [2.45, 2.75) is 64.7 Å². The van der Waals surface area contributed by atoms with Gasteiger partial charge in [0.2, 0.25) is 0 Å². The molecule has 1 aliphatic rings. The first kappa shape index (κ1) is 27.1. The zero-order valence-electron chi connectivity index (χ0n) is 19.7. The highest BCUT2D eigenvalue weighted by Gasteiger charge is 2.57. The molecule has 1 aliphatic heterocycles. The number of piperidine rings is 1. The van der Waals surface area contributed by atoms with E-state index in [1.807, 2.05) is 6.07 Å². The summed E-state index contributed by atoms with van der Waals surface area (Å²) < 4.78 is 26.3. The minimum Gasteiger partial charge on any atom is -0.464 e. The van der Waals surface area contributed by atoms with Gasteiger partial charge < -0.3 is 23.7 Å². The van der Waals surface area contributed by atoms with Crippen molar-refractivity contribution in [2.24, 2.45) is 0 Å². The average molecular weight is 490 g/mol. The number of benzene rings is 1. The minimum atomic E-state index is -1.54. The molecule has 1 amide bonds. The summed E-state index contributed by atoms with van der Waals surface area (Å²) in [5, 5.41) is 9.95. The maximum absolute atomic E-state index is 13.2. The standard InChI is InChI=1S/C23H26N2O10/c1-13(26)31-12-19-21(34-15(3)28)22(35-16(4)29)20(33-14(2)27)18(10-24)25(19)23(30)32-11-17-8-6-5-7-9-17/h5-9,18-22H,11-12H2,1-4H3/t18-,19+,20-,21+,22+/m0/s1. The number of carbonyl (C=O) groups is 5. The van der Waals surface area contributed by atoms with E-state index in [4.69, 9.17) is 23.7 Å². The van der Waals surface area contributed by atoms with Crippen LogP contribution in [0, 0.1) is 11.3 Å². The van der Waals surface area contributed by atoms with Crippen LogP contribution < -0.4 is 0 Å². The summed E-state index contributed by atoms with van der Waals surface area (Å²) in [6.07, 6.45) is -5.52. The van der Waals surface area contributed by atoms with Crippen molar-refractivity contribution >= 4 is 30.0 Å². The third-order valence-corrected chi connectivity index (χ3v) is 4.91. The van der Waals surface area contributed by atoms with Crippen molar-refractivity contribution in [3.05, 3.63) is 35.9 Å². The van der Waals surface area contributed by atoms with Crippen molar-refractivity contribution in [1.29, 1.82) is 5.26 Å². The first-order valence-electron chi connectivity index (χ1n) is 10.6. The molecule has 2 rings (SSSR count). The van der Waals surface area contributed by atoms with Crippen LogP contribution in [0.2, 0.25) is 0 Å². The summed E-state index contributed by atoms with van der Waals surface area (Å²) >= 11 is 0. The number of nitrogens with zero attached hydrogens (tertiary/aromatic N) is 2. The smallest absolute Gasteiger partial charge is 0.411 e. The number of nitriles is 1. The normalized spacial score (nSPS) is 23.3. The van der Waals surface area contributed by atoms with Gasteiger partial charge in [-0.3, -0.25) is 24.1 Å². The van der Waals surface area contributed by atoms with E-state index in [2.05, 4.69) is 0 Å². The molecule has 188 valence electrons. The van der Waals surface area contributed by atoms with Crippen molar-refractivity contribution in [2.75, 3.05) is 6.61 Å². The Labute approximate surface area is 201 Å². The van der Waals surface area contributed by atoms with Crippen molar-refractivity contribution < 1.29 is 47.7 Å². The summed E-state index contributed by atoms with van der Waals surface area (Å²) in [7, 11) is 0. The molecule has 0 aromatic heterocycles. The van der Waals surface area contributed by atoms with E-state index in [-0.39, 0.29) is 6.61 Å². The number of carbonyl (C=O) groups excluding carboxylic acids is 5. The Morgan fingerprint density at radius 3 is 1.86 bits per heavy atom. The molecule has 1 fully saturated rings. The van der Waals surface area contributed by atoms with Gasteiger partial charge in [-0.2, -0.15) is 5.26 Å². The van der Waals surface area contributed by atoms with E-state index in [1.54, 1.807) is 30.3 Å². The number of ether oxygens (including phenoxy) is 5. The molecule has 12 nitrogen and oxygen atoms in total. The van der Waals surface area contributed by atoms with Crippen molar-refractivity contribution in [3.8, 4) is 6.07 Å². The second-order valence-corrected chi connectivity index (χ2v) is 7.61. The highest BCUT2D eigenvalue weighted by molar-refractivity contribution is 5.72. The molecule has 35 heavy (non-hydrogen) atoms. The molecular weight excluding hydrogens is 464 g/mol. The van der Waals surface area contributed by atoms with Gasteiger partial charge >= 0.3 is 30.0 Å². The van der Waals surface area contributed by atoms with Crippen LogP contribution in [0.25, 0.3) is 0 Å². The molecule has 1 saturated heterocycles. The summed E-state index contributed by atoms with van der Waals surface area (Å²) in [5.74, 6) is -3.21. The van der Waals surface area contributed by atoms with Crippen LogP contribution in [0.4, 0.5) is 4.79 Å². The molecule has 0 aliphatic carbocycles. The quantitative estimate of drug-likeness (QED) is 0.400. The van der Waals surface area contributed by atoms with Gasteiger partial charge in [0.15, 0.2) is 24.4 Å². The van der Waals surface area contributed by atoms with E-state index < -0.39 is 67.0 Å². The second kappa shape index (κ2) is 12.4.